The Morgan fingerprint density at radius 2 is 2.00 bits per heavy atom. The Hall–Kier alpha value is -2.04. The number of hydrogen-bond donors (Lipinski definition) is 3. The van der Waals surface area contributed by atoms with Crippen LogP contribution in [-0.2, 0) is 4.79 Å². The summed E-state index contributed by atoms with van der Waals surface area (Å²) in [5.74, 6) is -0.422. The van der Waals surface area contributed by atoms with E-state index in [2.05, 4.69) is 17.6 Å². The first kappa shape index (κ1) is 13.4. The predicted molar refractivity (Wildman–Crippen MR) is 70.7 cm³/mol. The van der Waals surface area contributed by atoms with Crippen molar-refractivity contribution in [1.82, 2.24) is 10.6 Å². The minimum Gasteiger partial charge on any atom is -0.481 e. The van der Waals surface area contributed by atoms with Crippen molar-refractivity contribution in [3.8, 4) is 0 Å². The van der Waals surface area contributed by atoms with Gasteiger partial charge in [-0.15, -0.1) is 0 Å². The van der Waals surface area contributed by atoms with Crippen molar-refractivity contribution in [2.45, 2.75) is 31.8 Å². The Bertz CT molecular complexity index is 461. The van der Waals surface area contributed by atoms with Crippen LogP contribution in [0.3, 0.4) is 0 Å². The van der Waals surface area contributed by atoms with E-state index in [1.807, 2.05) is 30.3 Å². The molecule has 5 heteroatoms. The fraction of sp³-hybridized carbons (Fsp3) is 0.429. The lowest BCUT2D eigenvalue weighted by Crippen LogP contribution is -2.40. The van der Waals surface area contributed by atoms with Crippen LogP contribution in [0.25, 0.3) is 0 Å². The molecule has 19 heavy (non-hydrogen) atoms. The molecule has 0 spiro atoms. The van der Waals surface area contributed by atoms with E-state index in [-0.39, 0.29) is 18.5 Å². The number of carbonyl (C=O) groups excluding carboxylic acids is 1. The van der Waals surface area contributed by atoms with Gasteiger partial charge in [0, 0.05) is 6.04 Å². The highest BCUT2D eigenvalue weighted by Gasteiger charge is 2.34. The lowest BCUT2D eigenvalue weighted by atomic mass is 10.0. The lowest BCUT2D eigenvalue weighted by molar-refractivity contribution is -0.137. The second-order valence-electron chi connectivity index (χ2n) is 5.00. The minimum atomic E-state index is -0.936. The summed E-state index contributed by atoms with van der Waals surface area (Å²) < 4.78 is 0. The summed E-state index contributed by atoms with van der Waals surface area (Å²) in [5.41, 5.74) is 0.795. The molecule has 0 saturated heterocycles. The van der Waals surface area contributed by atoms with Crippen LogP contribution in [0.4, 0.5) is 4.79 Å². The third-order valence-corrected chi connectivity index (χ3v) is 3.31. The predicted octanol–water partition coefficient (Wildman–Crippen LogP) is 1.91. The van der Waals surface area contributed by atoms with Gasteiger partial charge in [-0.2, -0.15) is 0 Å². The number of hydrogen-bond acceptors (Lipinski definition) is 2. The fourth-order valence-corrected chi connectivity index (χ4v) is 2.00. The Morgan fingerprint density at radius 3 is 2.53 bits per heavy atom. The van der Waals surface area contributed by atoms with Crippen molar-refractivity contribution in [3.63, 3.8) is 0 Å². The van der Waals surface area contributed by atoms with Gasteiger partial charge >= 0.3 is 12.0 Å². The molecule has 1 saturated carbocycles. The zero-order chi connectivity index (χ0) is 13.8. The van der Waals surface area contributed by atoms with E-state index in [1.54, 1.807) is 0 Å². The zero-order valence-corrected chi connectivity index (χ0v) is 10.8. The molecule has 1 aromatic carbocycles. The first-order valence-electron chi connectivity index (χ1n) is 6.40. The first-order chi connectivity index (χ1) is 9.06. The van der Waals surface area contributed by atoms with E-state index in [4.69, 9.17) is 5.11 Å². The molecule has 1 aliphatic rings. The van der Waals surface area contributed by atoms with Gasteiger partial charge in [-0.3, -0.25) is 4.79 Å². The van der Waals surface area contributed by atoms with Gasteiger partial charge in [-0.25, -0.2) is 4.79 Å². The molecule has 1 aliphatic carbocycles. The summed E-state index contributed by atoms with van der Waals surface area (Å²) in [6.07, 6.45) is 0.861. The molecule has 0 bridgehead atoms. The quantitative estimate of drug-likeness (QED) is 0.758. The van der Waals surface area contributed by atoms with Gasteiger partial charge in [-0.1, -0.05) is 37.3 Å². The highest BCUT2D eigenvalue weighted by Crippen LogP contribution is 2.29. The molecule has 0 aromatic heterocycles. The molecule has 102 valence electrons. The van der Waals surface area contributed by atoms with Crippen molar-refractivity contribution in [2.75, 3.05) is 0 Å². The van der Waals surface area contributed by atoms with E-state index in [9.17, 15) is 9.59 Å². The topological polar surface area (TPSA) is 78.4 Å². The average molecular weight is 262 g/mol. The Labute approximate surface area is 112 Å². The summed E-state index contributed by atoms with van der Waals surface area (Å²) in [6, 6.07) is 8.55. The van der Waals surface area contributed by atoms with Gasteiger partial charge in [0.25, 0.3) is 0 Å². The van der Waals surface area contributed by atoms with Crippen molar-refractivity contribution < 1.29 is 14.7 Å². The molecule has 3 unspecified atom stereocenters. The van der Waals surface area contributed by atoms with Crippen molar-refractivity contribution in [1.29, 1.82) is 0 Å². The summed E-state index contributed by atoms with van der Waals surface area (Å²) in [6.45, 7) is 2.07. The number of carbonyl (C=O) groups is 2. The van der Waals surface area contributed by atoms with Gasteiger partial charge in [0.2, 0.25) is 0 Å². The van der Waals surface area contributed by atoms with Crippen LogP contribution >= 0.6 is 0 Å². The van der Waals surface area contributed by atoms with E-state index < -0.39 is 12.0 Å². The van der Waals surface area contributed by atoms with Crippen LogP contribution in [0.5, 0.6) is 0 Å². The molecular formula is C14H18N2O3. The maximum Gasteiger partial charge on any atom is 0.315 e. The maximum absolute atomic E-state index is 11.8. The highest BCUT2D eigenvalue weighted by molar-refractivity contribution is 5.76. The average Bonchev–Trinajstić information content (AvgIpc) is 3.04. The monoisotopic (exact) mass is 262 g/mol. The third kappa shape index (κ3) is 3.98. The fourth-order valence-electron chi connectivity index (χ4n) is 2.00. The van der Waals surface area contributed by atoms with E-state index in [0.29, 0.717) is 5.92 Å². The summed E-state index contributed by atoms with van der Waals surface area (Å²) in [5, 5.41) is 14.5. The Morgan fingerprint density at radius 1 is 1.37 bits per heavy atom. The summed E-state index contributed by atoms with van der Waals surface area (Å²) >= 11 is 0. The van der Waals surface area contributed by atoms with Gasteiger partial charge in [0.1, 0.15) is 0 Å². The van der Waals surface area contributed by atoms with E-state index in [0.717, 1.165) is 12.0 Å². The molecule has 3 atom stereocenters. The summed E-state index contributed by atoms with van der Waals surface area (Å²) in [4.78, 5) is 22.7. The Balaban J connectivity index is 1.97. The summed E-state index contributed by atoms with van der Waals surface area (Å²) in [7, 11) is 0. The molecule has 0 aliphatic heterocycles. The van der Waals surface area contributed by atoms with Crippen LogP contribution in [0.1, 0.15) is 31.4 Å². The zero-order valence-electron chi connectivity index (χ0n) is 10.8. The van der Waals surface area contributed by atoms with Gasteiger partial charge < -0.3 is 15.7 Å². The van der Waals surface area contributed by atoms with Gasteiger partial charge in [-0.05, 0) is 17.9 Å². The van der Waals surface area contributed by atoms with Crippen molar-refractivity contribution in [3.05, 3.63) is 35.9 Å². The van der Waals surface area contributed by atoms with E-state index >= 15 is 0 Å². The van der Waals surface area contributed by atoms with Crippen LogP contribution in [0.2, 0.25) is 0 Å². The number of aliphatic carboxylic acids is 1. The number of urea groups is 1. The lowest BCUT2D eigenvalue weighted by Gasteiger charge is -2.17. The number of carboxylic acid groups (broad SMARTS) is 1. The molecule has 3 N–H and O–H groups in total. The third-order valence-electron chi connectivity index (χ3n) is 3.31. The SMILES string of the molecule is CC1CC1NC(=O)NC(CC(=O)O)c1ccccc1. The molecule has 0 heterocycles. The standard InChI is InChI=1S/C14H18N2O3/c1-9-7-11(9)15-14(19)16-12(8-13(17)18)10-5-3-2-4-6-10/h2-6,9,11-12H,7-8H2,1H3,(H,17,18)(H2,15,16,19). The Kier molecular flexibility index (Phi) is 4.04. The second kappa shape index (κ2) is 5.73. The molecule has 1 fully saturated rings. The normalized spacial score (nSPS) is 22.4. The van der Waals surface area contributed by atoms with Crippen LogP contribution in [0.15, 0.2) is 30.3 Å². The van der Waals surface area contributed by atoms with Crippen LogP contribution < -0.4 is 10.6 Å². The second-order valence-corrected chi connectivity index (χ2v) is 5.00. The molecule has 2 amide bonds. The van der Waals surface area contributed by atoms with Crippen molar-refractivity contribution in [2.24, 2.45) is 5.92 Å². The number of benzene rings is 1. The molecular weight excluding hydrogens is 244 g/mol. The van der Waals surface area contributed by atoms with Crippen molar-refractivity contribution >= 4 is 12.0 Å². The molecule has 1 aromatic rings. The largest absolute Gasteiger partial charge is 0.481 e. The van der Waals surface area contributed by atoms with Crippen LogP contribution in [-0.4, -0.2) is 23.1 Å². The number of amides is 2. The minimum absolute atomic E-state index is 0.127. The van der Waals surface area contributed by atoms with Gasteiger partial charge in [0.05, 0.1) is 12.5 Å². The van der Waals surface area contributed by atoms with E-state index in [1.165, 1.54) is 0 Å². The smallest absolute Gasteiger partial charge is 0.315 e. The molecule has 2 rings (SSSR count). The molecule has 0 radical (unpaired) electrons. The number of rotatable bonds is 5. The molecule has 5 nitrogen and oxygen atoms in total. The number of carboxylic acids is 1. The highest BCUT2D eigenvalue weighted by atomic mass is 16.4. The van der Waals surface area contributed by atoms with Crippen LogP contribution in [0, 0.1) is 5.92 Å². The first-order valence-corrected chi connectivity index (χ1v) is 6.40. The number of nitrogens with one attached hydrogen (secondary N) is 2. The van der Waals surface area contributed by atoms with Gasteiger partial charge in [0.15, 0.2) is 0 Å². The maximum atomic E-state index is 11.8.